The van der Waals surface area contributed by atoms with Crippen LogP contribution in [0.25, 0.3) is 5.69 Å². The third-order valence-corrected chi connectivity index (χ3v) is 5.35. The van der Waals surface area contributed by atoms with E-state index < -0.39 is 0 Å². The van der Waals surface area contributed by atoms with Crippen LogP contribution in [0.5, 0.6) is 0 Å². The molecule has 3 nitrogen and oxygen atoms in total. The Morgan fingerprint density at radius 2 is 2.00 bits per heavy atom. The van der Waals surface area contributed by atoms with Crippen LogP contribution in [0.1, 0.15) is 48.9 Å². The lowest BCUT2D eigenvalue weighted by Crippen LogP contribution is -2.24. The molecule has 1 saturated carbocycles. The van der Waals surface area contributed by atoms with E-state index in [1.54, 1.807) is 0 Å². The maximum atomic E-state index is 3.68. The van der Waals surface area contributed by atoms with Gasteiger partial charge in [-0.3, -0.25) is 0 Å². The largest absolute Gasteiger partial charge is 0.319 e. The van der Waals surface area contributed by atoms with Gasteiger partial charge in [-0.05, 0) is 54.6 Å². The predicted octanol–water partition coefficient (Wildman–Crippen LogP) is 3.75. The van der Waals surface area contributed by atoms with Crippen molar-refractivity contribution < 1.29 is 0 Å². The van der Waals surface area contributed by atoms with Crippen molar-refractivity contribution in [2.24, 2.45) is 5.92 Å². The fraction of sp³-hybridized carbons (Fsp3) is 0.500. The molecule has 3 heteroatoms. The Kier molecular flexibility index (Phi) is 4.49. The topological polar surface area (TPSA) is 29.0 Å². The molecule has 0 atom stereocenters. The molecule has 1 fully saturated rings. The lowest BCUT2D eigenvalue weighted by atomic mass is 9.89. The van der Waals surface area contributed by atoms with Gasteiger partial charge in [0.1, 0.15) is 0 Å². The lowest BCUT2D eigenvalue weighted by Gasteiger charge is -2.22. The molecule has 1 aromatic heterocycles. The number of hydrogen-bond acceptors (Lipinski definition) is 2. The van der Waals surface area contributed by atoms with Crippen molar-refractivity contribution in [3.63, 3.8) is 0 Å². The highest BCUT2D eigenvalue weighted by molar-refractivity contribution is 5.46. The van der Waals surface area contributed by atoms with Gasteiger partial charge in [-0.15, -0.1) is 0 Å². The highest BCUT2D eigenvalue weighted by atomic mass is 15.0. The van der Waals surface area contributed by atoms with E-state index in [0.29, 0.717) is 0 Å². The first-order chi connectivity index (χ1) is 11.4. The molecule has 0 bridgehead atoms. The molecule has 2 heterocycles. The molecule has 2 N–H and O–H groups in total. The smallest absolute Gasteiger partial charge is 0.0498 e. The van der Waals surface area contributed by atoms with Crippen LogP contribution < -0.4 is 10.6 Å². The van der Waals surface area contributed by atoms with Gasteiger partial charge >= 0.3 is 0 Å². The van der Waals surface area contributed by atoms with Crippen molar-refractivity contribution in [1.82, 2.24) is 15.2 Å². The molecule has 1 aromatic carbocycles. The number of benzene rings is 1. The number of hydrogen-bond donors (Lipinski definition) is 2. The first-order valence-electron chi connectivity index (χ1n) is 9.10. The summed E-state index contributed by atoms with van der Waals surface area (Å²) in [7, 11) is 0. The molecule has 0 amide bonds. The Morgan fingerprint density at radius 1 is 1.09 bits per heavy atom. The number of aromatic nitrogens is 1. The molecular weight excluding hydrogens is 282 g/mol. The van der Waals surface area contributed by atoms with Crippen molar-refractivity contribution >= 4 is 0 Å². The van der Waals surface area contributed by atoms with Gasteiger partial charge in [0.2, 0.25) is 0 Å². The summed E-state index contributed by atoms with van der Waals surface area (Å²) in [5.74, 6) is 0.897. The Labute approximate surface area is 139 Å². The summed E-state index contributed by atoms with van der Waals surface area (Å²) in [5.41, 5.74) is 5.46. The van der Waals surface area contributed by atoms with Crippen molar-refractivity contribution in [3.05, 3.63) is 53.3 Å². The third kappa shape index (κ3) is 3.36. The van der Waals surface area contributed by atoms with E-state index in [9.17, 15) is 0 Å². The van der Waals surface area contributed by atoms with Crippen molar-refractivity contribution in [1.29, 1.82) is 0 Å². The second-order valence-electron chi connectivity index (χ2n) is 7.07. The van der Waals surface area contributed by atoms with Crippen LogP contribution in [0.2, 0.25) is 0 Å². The highest BCUT2D eigenvalue weighted by Gasteiger charge is 2.14. The summed E-state index contributed by atoms with van der Waals surface area (Å²) in [4.78, 5) is 0. The Morgan fingerprint density at radius 3 is 2.91 bits per heavy atom. The molecule has 122 valence electrons. The van der Waals surface area contributed by atoms with Crippen LogP contribution in [-0.4, -0.2) is 11.1 Å². The molecule has 1 aliphatic heterocycles. The minimum Gasteiger partial charge on any atom is -0.319 e. The monoisotopic (exact) mass is 309 g/mol. The summed E-state index contributed by atoms with van der Waals surface area (Å²) >= 11 is 0. The number of rotatable bonds is 4. The summed E-state index contributed by atoms with van der Waals surface area (Å²) in [6.45, 7) is 4.06. The van der Waals surface area contributed by atoms with Crippen molar-refractivity contribution in [3.8, 4) is 5.69 Å². The van der Waals surface area contributed by atoms with E-state index in [-0.39, 0.29) is 0 Å². The van der Waals surface area contributed by atoms with Gasteiger partial charge < -0.3 is 15.2 Å². The molecule has 0 spiro atoms. The normalized spacial score (nSPS) is 18.3. The van der Waals surface area contributed by atoms with Crippen LogP contribution in [0.3, 0.4) is 0 Å². The van der Waals surface area contributed by atoms with Crippen LogP contribution >= 0.6 is 0 Å². The van der Waals surface area contributed by atoms with Gasteiger partial charge in [-0.1, -0.05) is 31.4 Å². The van der Waals surface area contributed by atoms with Crippen molar-refractivity contribution in [2.75, 3.05) is 6.54 Å². The molecule has 0 saturated heterocycles. The lowest BCUT2D eigenvalue weighted by molar-refractivity contribution is 0.342. The molecule has 0 radical (unpaired) electrons. The Hall–Kier alpha value is -1.58. The minimum absolute atomic E-state index is 0.897. The molecule has 1 aliphatic carbocycles. The zero-order valence-electron chi connectivity index (χ0n) is 13.9. The molecule has 4 rings (SSSR count). The number of nitrogens with zero attached hydrogens (tertiary/aromatic N) is 1. The number of fused-ring (bicyclic) bond motifs is 3. The Balaban J connectivity index is 1.42. The van der Waals surface area contributed by atoms with Crippen LogP contribution in [0, 0.1) is 5.92 Å². The van der Waals surface area contributed by atoms with Gasteiger partial charge in [0, 0.05) is 37.2 Å². The molecular formula is C20H27N3. The van der Waals surface area contributed by atoms with E-state index in [4.69, 9.17) is 0 Å². The van der Waals surface area contributed by atoms with Crippen LogP contribution in [0.15, 0.2) is 36.5 Å². The fourth-order valence-electron chi connectivity index (χ4n) is 4.06. The molecule has 23 heavy (non-hydrogen) atoms. The quantitative estimate of drug-likeness (QED) is 0.900. The van der Waals surface area contributed by atoms with Gasteiger partial charge in [-0.2, -0.15) is 0 Å². The van der Waals surface area contributed by atoms with Crippen LogP contribution in [-0.2, 0) is 19.6 Å². The summed E-state index contributed by atoms with van der Waals surface area (Å²) in [6, 6.07) is 11.3. The van der Waals surface area contributed by atoms with Crippen LogP contribution in [0.4, 0.5) is 0 Å². The molecule has 0 unspecified atom stereocenters. The van der Waals surface area contributed by atoms with Gasteiger partial charge in [0.15, 0.2) is 0 Å². The summed E-state index contributed by atoms with van der Waals surface area (Å²) in [6.07, 6.45) is 9.29. The minimum atomic E-state index is 0.897. The second kappa shape index (κ2) is 6.90. The van der Waals surface area contributed by atoms with Gasteiger partial charge in [-0.25, -0.2) is 0 Å². The standard InChI is InChI=1S/C20H27N3/c1-2-5-16(6-3-1)12-21-13-17-8-9-20-18(11-17)14-22-15-19-7-4-10-23(19)20/h4,7-11,16,21-22H,1-3,5-6,12-15H2. The summed E-state index contributed by atoms with van der Waals surface area (Å²) < 4.78 is 2.31. The van der Waals surface area contributed by atoms with Crippen molar-refractivity contribution in [2.45, 2.75) is 51.7 Å². The van der Waals surface area contributed by atoms with E-state index in [2.05, 4.69) is 51.7 Å². The number of nitrogens with one attached hydrogen (secondary N) is 2. The van der Waals surface area contributed by atoms with E-state index in [0.717, 1.165) is 25.6 Å². The molecule has 2 aliphatic rings. The zero-order valence-corrected chi connectivity index (χ0v) is 13.9. The van der Waals surface area contributed by atoms with Gasteiger partial charge in [0.25, 0.3) is 0 Å². The average molecular weight is 309 g/mol. The molecule has 2 aromatic rings. The highest BCUT2D eigenvalue weighted by Crippen LogP contribution is 2.24. The van der Waals surface area contributed by atoms with E-state index in [1.807, 2.05) is 0 Å². The Bertz CT molecular complexity index is 653. The van der Waals surface area contributed by atoms with Gasteiger partial charge in [0.05, 0.1) is 0 Å². The predicted molar refractivity (Wildman–Crippen MR) is 94.6 cm³/mol. The average Bonchev–Trinajstić information content (AvgIpc) is 2.98. The van der Waals surface area contributed by atoms with E-state index in [1.165, 1.54) is 61.2 Å². The summed E-state index contributed by atoms with van der Waals surface area (Å²) in [5, 5.41) is 7.22. The third-order valence-electron chi connectivity index (χ3n) is 5.35. The maximum absolute atomic E-state index is 3.68. The zero-order chi connectivity index (χ0) is 15.5. The first kappa shape index (κ1) is 15.0. The maximum Gasteiger partial charge on any atom is 0.0498 e. The SMILES string of the molecule is c1cc2n(c1)-c1ccc(CNCC3CCCCC3)cc1CNC2. The first-order valence-corrected chi connectivity index (χ1v) is 9.10. The fourth-order valence-corrected chi connectivity index (χ4v) is 4.06. The second-order valence-corrected chi connectivity index (χ2v) is 7.07. The van der Waals surface area contributed by atoms with E-state index >= 15 is 0 Å².